The molecule has 2 aliphatic heterocycles. The second kappa shape index (κ2) is 6.44. The number of carbonyl (C=O) groups excluding carboxylic acids is 1. The third-order valence-corrected chi connectivity index (χ3v) is 5.04. The highest BCUT2D eigenvalue weighted by atomic mass is 16.2. The van der Waals surface area contributed by atoms with Gasteiger partial charge in [0.1, 0.15) is 5.69 Å². The van der Waals surface area contributed by atoms with E-state index in [1.54, 1.807) is 17.1 Å². The summed E-state index contributed by atoms with van der Waals surface area (Å²) in [4.78, 5) is 27.8. The molecule has 0 spiro atoms. The Morgan fingerprint density at radius 3 is 2.40 bits per heavy atom. The van der Waals surface area contributed by atoms with Crippen LogP contribution in [-0.4, -0.2) is 80.8 Å². The quantitative estimate of drug-likeness (QED) is 0.792. The van der Waals surface area contributed by atoms with E-state index in [4.69, 9.17) is 0 Å². The molecule has 0 saturated carbocycles. The SMILES string of the molecule is Cc1cc(C(=O)N2CC(N3CCN(c4ncccn4)CC3)C2)n(C)n1. The van der Waals surface area contributed by atoms with Gasteiger partial charge >= 0.3 is 0 Å². The lowest BCUT2D eigenvalue weighted by Crippen LogP contribution is -2.64. The molecule has 1 amide bonds. The van der Waals surface area contributed by atoms with Crippen molar-refractivity contribution >= 4 is 11.9 Å². The van der Waals surface area contributed by atoms with Crippen molar-refractivity contribution in [3.05, 3.63) is 35.9 Å². The van der Waals surface area contributed by atoms with Gasteiger partial charge in [-0.05, 0) is 19.1 Å². The molecule has 0 bridgehead atoms. The molecular weight excluding hydrogens is 318 g/mol. The van der Waals surface area contributed by atoms with Crippen molar-refractivity contribution in [2.24, 2.45) is 7.05 Å². The molecule has 25 heavy (non-hydrogen) atoms. The van der Waals surface area contributed by atoms with E-state index in [0.717, 1.165) is 50.9 Å². The van der Waals surface area contributed by atoms with Crippen molar-refractivity contribution in [2.45, 2.75) is 13.0 Å². The molecule has 2 fully saturated rings. The van der Waals surface area contributed by atoms with E-state index in [-0.39, 0.29) is 5.91 Å². The zero-order valence-electron chi connectivity index (χ0n) is 14.7. The number of likely N-dealkylation sites (tertiary alicyclic amines) is 1. The normalized spacial score (nSPS) is 19.1. The topological polar surface area (TPSA) is 70.4 Å². The van der Waals surface area contributed by atoms with Crippen LogP contribution in [0.25, 0.3) is 0 Å². The van der Waals surface area contributed by atoms with Gasteiger partial charge in [0, 0.05) is 64.8 Å². The van der Waals surface area contributed by atoms with E-state index in [1.807, 2.05) is 31.0 Å². The number of rotatable bonds is 3. The van der Waals surface area contributed by atoms with Gasteiger partial charge in [0.2, 0.25) is 5.95 Å². The van der Waals surface area contributed by atoms with Crippen molar-refractivity contribution < 1.29 is 4.79 Å². The third kappa shape index (κ3) is 3.09. The number of hydrogen-bond acceptors (Lipinski definition) is 6. The minimum atomic E-state index is 0.0793. The molecule has 2 aromatic rings. The molecule has 0 atom stereocenters. The molecule has 0 N–H and O–H groups in total. The number of carbonyl (C=O) groups is 1. The molecule has 2 aromatic heterocycles. The van der Waals surface area contributed by atoms with Gasteiger partial charge in [0.15, 0.2) is 0 Å². The van der Waals surface area contributed by atoms with Gasteiger partial charge in [0.05, 0.1) is 5.69 Å². The number of amides is 1. The molecule has 0 aromatic carbocycles. The van der Waals surface area contributed by atoms with Crippen LogP contribution >= 0.6 is 0 Å². The maximum absolute atomic E-state index is 12.5. The summed E-state index contributed by atoms with van der Waals surface area (Å²) in [6.45, 7) is 7.32. The summed E-state index contributed by atoms with van der Waals surface area (Å²) in [6.07, 6.45) is 3.56. The summed E-state index contributed by atoms with van der Waals surface area (Å²) in [6, 6.07) is 4.15. The Morgan fingerprint density at radius 1 is 1.12 bits per heavy atom. The van der Waals surface area contributed by atoms with E-state index < -0.39 is 0 Å². The molecule has 8 nitrogen and oxygen atoms in total. The molecule has 8 heteroatoms. The zero-order chi connectivity index (χ0) is 17.4. The summed E-state index contributed by atoms with van der Waals surface area (Å²) < 4.78 is 1.67. The monoisotopic (exact) mass is 341 g/mol. The lowest BCUT2D eigenvalue weighted by molar-refractivity contribution is 0.0237. The maximum atomic E-state index is 12.5. The van der Waals surface area contributed by atoms with Crippen molar-refractivity contribution in [1.29, 1.82) is 0 Å². The lowest BCUT2D eigenvalue weighted by atomic mass is 10.1. The lowest BCUT2D eigenvalue weighted by Gasteiger charge is -2.48. The molecule has 0 radical (unpaired) electrons. The van der Waals surface area contributed by atoms with Gasteiger partial charge in [0.25, 0.3) is 5.91 Å². The van der Waals surface area contributed by atoms with Crippen LogP contribution in [0.1, 0.15) is 16.2 Å². The predicted octanol–water partition coefficient (Wildman–Crippen LogP) is 0.165. The van der Waals surface area contributed by atoms with Gasteiger partial charge in [-0.1, -0.05) is 0 Å². The molecule has 2 aliphatic rings. The average molecular weight is 341 g/mol. The number of hydrogen-bond donors (Lipinski definition) is 0. The second-order valence-corrected chi connectivity index (χ2v) is 6.73. The molecule has 4 rings (SSSR count). The van der Waals surface area contributed by atoms with E-state index in [2.05, 4.69) is 24.9 Å². The van der Waals surface area contributed by atoms with Crippen molar-refractivity contribution in [3.63, 3.8) is 0 Å². The van der Waals surface area contributed by atoms with Crippen LogP contribution in [0.15, 0.2) is 24.5 Å². The number of aryl methyl sites for hydroxylation is 2. The number of piperazine rings is 1. The summed E-state index contributed by atoms with van der Waals surface area (Å²) in [5.41, 5.74) is 1.55. The highest BCUT2D eigenvalue weighted by Crippen LogP contribution is 2.20. The Labute approximate surface area is 147 Å². The highest BCUT2D eigenvalue weighted by molar-refractivity contribution is 5.93. The third-order valence-electron chi connectivity index (χ3n) is 5.04. The minimum Gasteiger partial charge on any atom is -0.338 e. The fourth-order valence-electron chi connectivity index (χ4n) is 3.57. The van der Waals surface area contributed by atoms with Gasteiger partial charge in [-0.25, -0.2) is 9.97 Å². The molecule has 132 valence electrons. The van der Waals surface area contributed by atoms with Crippen LogP contribution < -0.4 is 4.90 Å². The molecule has 2 saturated heterocycles. The van der Waals surface area contributed by atoms with E-state index in [0.29, 0.717) is 11.7 Å². The molecule has 0 unspecified atom stereocenters. The van der Waals surface area contributed by atoms with Crippen molar-refractivity contribution in [2.75, 3.05) is 44.2 Å². The molecule has 4 heterocycles. The van der Waals surface area contributed by atoms with Gasteiger partial charge in [-0.15, -0.1) is 0 Å². The van der Waals surface area contributed by atoms with Crippen LogP contribution in [0.3, 0.4) is 0 Å². The summed E-state index contributed by atoms with van der Waals surface area (Å²) in [5, 5.41) is 4.26. The van der Waals surface area contributed by atoms with E-state index >= 15 is 0 Å². The fourth-order valence-corrected chi connectivity index (χ4v) is 3.57. The van der Waals surface area contributed by atoms with Crippen LogP contribution in [-0.2, 0) is 7.05 Å². The minimum absolute atomic E-state index is 0.0793. The predicted molar refractivity (Wildman–Crippen MR) is 93.5 cm³/mol. The van der Waals surface area contributed by atoms with Crippen molar-refractivity contribution in [3.8, 4) is 0 Å². The molecular formula is C17H23N7O. The average Bonchev–Trinajstić information content (AvgIpc) is 2.93. The van der Waals surface area contributed by atoms with Gasteiger partial charge in [-0.3, -0.25) is 14.4 Å². The largest absolute Gasteiger partial charge is 0.338 e. The van der Waals surface area contributed by atoms with Crippen LogP contribution in [0.2, 0.25) is 0 Å². The Morgan fingerprint density at radius 2 is 1.80 bits per heavy atom. The summed E-state index contributed by atoms with van der Waals surface area (Å²) in [5.74, 6) is 0.884. The summed E-state index contributed by atoms with van der Waals surface area (Å²) >= 11 is 0. The first-order valence-electron chi connectivity index (χ1n) is 8.68. The van der Waals surface area contributed by atoms with E-state index in [1.165, 1.54) is 0 Å². The van der Waals surface area contributed by atoms with Gasteiger partial charge < -0.3 is 9.80 Å². The number of nitrogens with zero attached hydrogens (tertiary/aromatic N) is 7. The van der Waals surface area contributed by atoms with Crippen LogP contribution in [0, 0.1) is 6.92 Å². The van der Waals surface area contributed by atoms with Crippen molar-refractivity contribution in [1.82, 2.24) is 29.5 Å². The maximum Gasteiger partial charge on any atom is 0.272 e. The van der Waals surface area contributed by atoms with Crippen LogP contribution in [0.4, 0.5) is 5.95 Å². The number of aromatic nitrogens is 4. The molecule has 0 aliphatic carbocycles. The Bertz CT molecular complexity index is 746. The van der Waals surface area contributed by atoms with Gasteiger partial charge in [-0.2, -0.15) is 5.10 Å². The smallest absolute Gasteiger partial charge is 0.272 e. The fraction of sp³-hybridized carbons (Fsp3) is 0.529. The Hall–Kier alpha value is -2.48. The summed E-state index contributed by atoms with van der Waals surface area (Å²) in [7, 11) is 1.82. The second-order valence-electron chi connectivity index (χ2n) is 6.73. The zero-order valence-corrected chi connectivity index (χ0v) is 14.7. The van der Waals surface area contributed by atoms with Crippen LogP contribution in [0.5, 0.6) is 0 Å². The Kier molecular flexibility index (Phi) is 4.12. The number of anilines is 1. The highest BCUT2D eigenvalue weighted by Gasteiger charge is 2.37. The first kappa shape index (κ1) is 16.0. The first-order chi connectivity index (χ1) is 12.1. The Balaban J connectivity index is 1.29. The first-order valence-corrected chi connectivity index (χ1v) is 8.68. The standard InChI is InChI=1S/C17H23N7O/c1-13-10-15(21(2)20-13)16(25)24-11-14(12-24)22-6-8-23(9-7-22)17-18-4-3-5-19-17/h3-5,10,14H,6-9,11-12H2,1-2H3. The van der Waals surface area contributed by atoms with E-state index in [9.17, 15) is 4.79 Å².